The van der Waals surface area contributed by atoms with Crippen LogP contribution in [0.3, 0.4) is 0 Å². The fourth-order valence-electron chi connectivity index (χ4n) is 10.1. The number of esters is 1. The van der Waals surface area contributed by atoms with Gasteiger partial charge in [-0.25, -0.2) is 9.98 Å². The number of nitrogens with zero attached hydrogens (tertiary/aromatic N) is 4. The molecule has 4 aliphatic heterocycles. The standard InChI is InChI=1S/C66H63Cl2N5O3/c1-44-10-18-48(19-11-44)63-54-30-32-56(69-54)64(49-20-12-45(2)13-21-49)58-34-36-60(71-58)66(61-37-35-59(72-61)65(57-33-31-55(63)70-57)50-22-14-46(3)15-23-50)51-24-28-53(29-25-51)75-42-5-4-6-43-76-62(74)9-7-8-47-16-26-52(27-17-47)73(40-38-67)41-39-68/h10-32,34-37,71H,4-9,33,38-43H2,1-3H3. The quantitative estimate of drug-likeness (QED) is 0.0468. The van der Waals surface area contributed by atoms with Crippen LogP contribution in [0.2, 0.25) is 0 Å². The van der Waals surface area contributed by atoms with E-state index in [1.807, 2.05) is 12.1 Å². The van der Waals surface area contributed by atoms with Gasteiger partial charge >= 0.3 is 5.97 Å². The summed E-state index contributed by atoms with van der Waals surface area (Å²) in [4.78, 5) is 35.0. The molecular formula is C66H63Cl2N5O3. The van der Waals surface area contributed by atoms with Crippen LogP contribution < -0.4 is 20.3 Å². The Morgan fingerprint density at radius 2 is 1.07 bits per heavy atom. The van der Waals surface area contributed by atoms with Crippen molar-refractivity contribution in [1.29, 1.82) is 0 Å². The summed E-state index contributed by atoms with van der Waals surface area (Å²) in [6, 6.07) is 47.0. The van der Waals surface area contributed by atoms with Gasteiger partial charge in [0.05, 0.1) is 47.4 Å². The van der Waals surface area contributed by atoms with Crippen molar-refractivity contribution < 1.29 is 14.3 Å². The lowest BCUT2D eigenvalue weighted by atomic mass is 9.96. The number of alkyl halides is 2. The minimum atomic E-state index is -0.152. The number of allylic oxidation sites excluding steroid dienone is 7. The Hall–Kier alpha value is -7.52. The number of aliphatic imine (C=N–C) groups is 3. The van der Waals surface area contributed by atoms with E-state index in [4.69, 9.17) is 47.7 Å². The van der Waals surface area contributed by atoms with Gasteiger partial charge in [-0.3, -0.25) is 9.79 Å². The highest BCUT2D eigenvalue weighted by Crippen LogP contribution is 2.39. The number of hydrogen-bond acceptors (Lipinski definition) is 7. The van der Waals surface area contributed by atoms with Crippen LogP contribution in [-0.4, -0.2) is 66.2 Å². The van der Waals surface area contributed by atoms with Crippen LogP contribution in [0.4, 0.5) is 5.69 Å². The fourth-order valence-corrected chi connectivity index (χ4v) is 10.5. The average Bonchev–Trinajstić information content (AvgIpc) is 4.32. The molecule has 10 heteroatoms. The number of hydrogen-bond donors (Lipinski definition) is 1. The van der Waals surface area contributed by atoms with Crippen LogP contribution in [0.1, 0.15) is 83.0 Å². The summed E-state index contributed by atoms with van der Waals surface area (Å²) in [5.41, 5.74) is 19.4. The van der Waals surface area contributed by atoms with E-state index < -0.39 is 0 Å². The van der Waals surface area contributed by atoms with E-state index in [-0.39, 0.29) is 5.97 Å². The maximum atomic E-state index is 12.5. The Kier molecular flexibility index (Phi) is 16.7. The highest BCUT2D eigenvalue weighted by atomic mass is 35.5. The van der Waals surface area contributed by atoms with Gasteiger partial charge in [0.2, 0.25) is 0 Å². The van der Waals surface area contributed by atoms with Gasteiger partial charge in [0, 0.05) is 76.4 Å². The predicted octanol–water partition coefficient (Wildman–Crippen LogP) is 13.3. The molecule has 0 aliphatic carbocycles. The van der Waals surface area contributed by atoms with E-state index in [2.05, 4.69) is 182 Å². The van der Waals surface area contributed by atoms with E-state index in [0.717, 1.165) is 146 Å². The van der Waals surface area contributed by atoms with Gasteiger partial charge in [-0.1, -0.05) is 120 Å². The molecule has 0 spiro atoms. The third kappa shape index (κ3) is 12.3. The van der Waals surface area contributed by atoms with Crippen LogP contribution in [0.15, 0.2) is 196 Å². The number of aromatic amines is 1. The molecule has 76 heavy (non-hydrogen) atoms. The second-order valence-corrected chi connectivity index (χ2v) is 20.5. The van der Waals surface area contributed by atoms with Crippen molar-refractivity contribution in [3.05, 3.63) is 236 Å². The van der Waals surface area contributed by atoms with Crippen LogP contribution in [0.5, 0.6) is 5.75 Å². The summed E-state index contributed by atoms with van der Waals surface area (Å²) in [5, 5.41) is 1.88. The molecule has 0 atom stereocenters. The molecule has 6 aromatic rings. The number of H-pyrrole nitrogens is 1. The lowest BCUT2D eigenvalue weighted by Gasteiger charge is -2.23. The Labute approximate surface area is 456 Å². The predicted molar refractivity (Wildman–Crippen MR) is 316 cm³/mol. The number of fused-ring (bicyclic) bond motifs is 5. The first-order valence-electron chi connectivity index (χ1n) is 26.5. The van der Waals surface area contributed by atoms with Crippen LogP contribution in [0.25, 0.3) is 22.3 Å². The molecule has 10 rings (SSSR count). The molecule has 5 aromatic carbocycles. The number of aromatic nitrogens is 1. The van der Waals surface area contributed by atoms with Crippen molar-refractivity contribution >= 4 is 74.3 Å². The Bertz CT molecular complexity index is 3480. The first-order valence-corrected chi connectivity index (χ1v) is 27.6. The summed E-state index contributed by atoms with van der Waals surface area (Å²) < 4.78 is 11.8. The number of halogens is 2. The number of carbonyl (C=O) groups excluding carboxylic acids is 1. The molecule has 4 aliphatic rings. The molecule has 5 heterocycles. The summed E-state index contributed by atoms with van der Waals surface area (Å²) in [6.45, 7) is 8.82. The number of anilines is 1. The molecule has 0 saturated carbocycles. The minimum Gasteiger partial charge on any atom is -0.494 e. The van der Waals surface area contributed by atoms with Crippen molar-refractivity contribution in [2.45, 2.75) is 65.7 Å². The van der Waals surface area contributed by atoms with Crippen molar-refractivity contribution in [2.24, 2.45) is 15.0 Å². The zero-order chi connectivity index (χ0) is 52.4. The van der Waals surface area contributed by atoms with Crippen LogP contribution in [-0.2, 0) is 16.0 Å². The Morgan fingerprint density at radius 1 is 0.553 bits per heavy atom. The maximum absolute atomic E-state index is 12.5. The molecule has 1 N–H and O–H groups in total. The monoisotopic (exact) mass is 1040 g/mol. The van der Waals surface area contributed by atoms with Gasteiger partial charge in [0.15, 0.2) is 0 Å². The average molecular weight is 1050 g/mol. The van der Waals surface area contributed by atoms with E-state index in [1.54, 1.807) is 0 Å². The molecule has 0 amide bonds. The largest absolute Gasteiger partial charge is 0.494 e. The molecule has 8 bridgehead atoms. The molecular weight excluding hydrogens is 982 g/mol. The first-order chi connectivity index (χ1) is 37.2. The van der Waals surface area contributed by atoms with Crippen LogP contribution >= 0.6 is 23.2 Å². The van der Waals surface area contributed by atoms with Crippen molar-refractivity contribution in [3.63, 3.8) is 0 Å². The SMILES string of the molecule is Cc1ccc(C2=C3C=CC(=N3)C(c3ccc(C)cc3)=c3ccc([nH]3)=C(c3ccc(OCCCCCOC(=O)CCCc4ccc(N(CCCl)CCCl)cc4)cc3)C3=NC(=C(c4ccc(C)cc4)C4=NC2=CC4)C=C3)cc1. The van der Waals surface area contributed by atoms with Gasteiger partial charge in [0.25, 0.3) is 0 Å². The van der Waals surface area contributed by atoms with Crippen molar-refractivity contribution in [3.8, 4) is 5.75 Å². The summed E-state index contributed by atoms with van der Waals surface area (Å²) in [6.07, 6.45) is 15.9. The lowest BCUT2D eigenvalue weighted by Crippen LogP contribution is -2.27. The summed E-state index contributed by atoms with van der Waals surface area (Å²) in [5.74, 6) is 1.73. The number of carbonyl (C=O) groups is 1. The van der Waals surface area contributed by atoms with Gasteiger partial charge in [-0.05, 0) is 141 Å². The number of aryl methyl sites for hydroxylation is 4. The number of unbranched alkanes of at least 4 members (excludes halogenated alkanes) is 2. The number of rotatable bonds is 20. The molecule has 0 saturated heterocycles. The normalized spacial score (nSPS) is 14.8. The third-order valence-corrected chi connectivity index (χ3v) is 14.5. The maximum Gasteiger partial charge on any atom is 0.305 e. The molecule has 1 aromatic heterocycles. The fraction of sp³-hybridized carbons (Fsp3) is 0.242. The molecule has 0 fully saturated rings. The lowest BCUT2D eigenvalue weighted by molar-refractivity contribution is -0.143. The van der Waals surface area contributed by atoms with E-state index >= 15 is 0 Å². The second kappa shape index (κ2) is 24.4. The smallest absolute Gasteiger partial charge is 0.305 e. The van der Waals surface area contributed by atoms with Crippen molar-refractivity contribution in [1.82, 2.24) is 4.98 Å². The molecule has 384 valence electrons. The first kappa shape index (κ1) is 51.9. The van der Waals surface area contributed by atoms with Gasteiger partial charge in [-0.2, -0.15) is 0 Å². The topological polar surface area (TPSA) is 91.6 Å². The third-order valence-electron chi connectivity index (χ3n) is 14.2. The van der Waals surface area contributed by atoms with Crippen molar-refractivity contribution in [2.75, 3.05) is 43.0 Å². The summed E-state index contributed by atoms with van der Waals surface area (Å²) >= 11 is 12.0. The summed E-state index contributed by atoms with van der Waals surface area (Å²) in [7, 11) is 0. The van der Waals surface area contributed by atoms with Gasteiger partial charge in [-0.15, -0.1) is 23.2 Å². The van der Waals surface area contributed by atoms with Gasteiger partial charge in [0.1, 0.15) is 5.75 Å². The van der Waals surface area contributed by atoms with Gasteiger partial charge < -0.3 is 19.4 Å². The molecule has 0 unspecified atom stereocenters. The number of ether oxygens (including phenoxy) is 2. The molecule has 0 radical (unpaired) electrons. The highest BCUT2D eigenvalue weighted by Gasteiger charge is 2.27. The van der Waals surface area contributed by atoms with E-state index in [9.17, 15) is 4.79 Å². The Morgan fingerprint density at radius 3 is 1.63 bits per heavy atom. The highest BCUT2D eigenvalue weighted by molar-refractivity contribution is 6.34. The van der Waals surface area contributed by atoms with E-state index in [1.165, 1.54) is 22.3 Å². The zero-order valence-electron chi connectivity index (χ0n) is 43.6. The zero-order valence-corrected chi connectivity index (χ0v) is 45.1. The van der Waals surface area contributed by atoms with E-state index in [0.29, 0.717) is 37.8 Å². The number of nitrogens with one attached hydrogen (secondary N) is 1. The Balaban J connectivity index is 0.884. The molecule has 8 nitrogen and oxygen atoms in total. The van der Waals surface area contributed by atoms with Crippen LogP contribution in [0, 0.1) is 20.8 Å². The number of benzene rings is 5. The minimum absolute atomic E-state index is 0.152. The second-order valence-electron chi connectivity index (χ2n) is 19.7.